The number of hydrazine groups is 1. The Labute approximate surface area is 101 Å². The molecule has 1 amide bonds. The molecule has 0 unspecified atom stereocenters. The highest BCUT2D eigenvalue weighted by Crippen LogP contribution is 2.15. The summed E-state index contributed by atoms with van der Waals surface area (Å²) >= 11 is 0. The molecule has 1 heterocycles. The first-order valence-electron chi connectivity index (χ1n) is 5.67. The summed E-state index contributed by atoms with van der Waals surface area (Å²) in [5.74, 6) is -0.114. The zero-order chi connectivity index (χ0) is 12.3. The summed E-state index contributed by atoms with van der Waals surface area (Å²) in [6.45, 7) is 4.58. The molecule has 0 aromatic heterocycles. The Morgan fingerprint density at radius 2 is 2.12 bits per heavy atom. The van der Waals surface area contributed by atoms with E-state index in [4.69, 9.17) is 10.5 Å². The van der Waals surface area contributed by atoms with Crippen molar-refractivity contribution < 1.29 is 9.53 Å². The van der Waals surface area contributed by atoms with Crippen LogP contribution >= 0.6 is 0 Å². The number of nitrogens with one attached hydrogen (secondary N) is 1. The van der Waals surface area contributed by atoms with Gasteiger partial charge in [0.15, 0.2) is 0 Å². The van der Waals surface area contributed by atoms with Crippen LogP contribution in [0.15, 0.2) is 18.2 Å². The van der Waals surface area contributed by atoms with Crippen LogP contribution in [0.1, 0.15) is 15.9 Å². The largest absolute Gasteiger partial charge is 0.398 e. The Kier molecular flexibility index (Phi) is 3.61. The number of morpholine rings is 1. The lowest BCUT2D eigenvalue weighted by atomic mass is 10.1. The Morgan fingerprint density at radius 3 is 2.82 bits per heavy atom. The number of hydrogen-bond acceptors (Lipinski definition) is 4. The van der Waals surface area contributed by atoms with Gasteiger partial charge in [-0.15, -0.1) is 0 Å². The molecule has 17 heavy (non-hydrogen) atoms. The molecule has 92 valence electrons. The van der Waals surface area contributed by atoms with Crippen molar-refractivity contribution in [3.63, 3.8) is 0 Å². The van der Waals surface area contributed by atoms with E-state index >= 15 is 0 Å². The van der Waals surface area contributed by atoms with Crippen LogP contribution in [0.4, 0.5) is 5.69 Å². The summed E-state index contributed by atoms with van der Waals surface area (Å²) in [5, 5.41) is 1.87. The Balaban J connectivity index is 2.06. The summed E-state index contributed by atoms with van der Waals surface area (Å²) in [6.07, 6.45) is 0. The Bertz CT molecular complexity index is 414. The number of carbonyl (C=O) groups is 1. The van der Waals surface area contributed by atoms with Gasteiger partial charge in [0.25, 0.3) is 5.91 Å². The predicted octanol–water partition coefficient (Wildman–Crippen LogP) is 0.554. The highest BCUT2D eigenvalue weighted by atomic mass is 16.5. The van der Waals surface area contributed by atoms with E-state index in [1.807, 2.05) is 11.9 Å². The number of amides is 1. The minimum absolute atomic E-state index is 0.114. The molecular formula is C12H17N3O2. The van der Waals surface area contributed by atoms with Crippen molar-refractivity contribution in [3.8, 4) is 0 Å². The van der Waals surface area contributed by atoms with E-state index < -0.39 is 0 Å². The van der Waals surface area contributed by atoms with Gasteiger partial charge in [0.05, 0.1) is 13.2 Å². The highest BCUT2D eigenvalue weighted by molar-refractivity contribution is 5.96. The number of nitrogens with two attached hydrogens (primary N) is 1. The number of nitrogens with zero attached hydrogens (tertiary/aromatic N) is 1. The van der Waals surface area contributed by atoms with Gasteiger partial charge in [0.1, 0.15) is 0 Å². The third kappa shape index (κ3) is 2.75. The van der Waals surface area contributed by atoms with Gasteiger partial charge in [-0.2, -0.15) is 0 Å². The number of hydrogen-bond donors (Lipinski definition) is 2. The fraction of sp³-hybridized carbons (Fsp3) is 0.417. The number of nitrogen functional groups attached to an aromatic ring is 1. The zero-order valence-electron chi connectivity index (χ0n) is 9.90. The first-order valence-corrected chi connectivity index (χ1v) is 5.67. The number of anilines is 1. The second-order valence-corrected chi connectivity index (χ2v) is 4.06. The number of carbonyl (C=O) groups excluding carboxylic acids is 1. The minimum atomic E-state index is -0.114. The SMILES string of the molecule is Cc1c(N)cccc1C(=O)NN1CCOCC1. The predicted molar refractivity (Wildman–Crippen MR) is 65.4 cm³/mol. The van der Waals surface area contributed by atoms with Crippen LogP contribution in [-0.2, 0) is 4.74 Å². The van der Waals surface area contributed by atoms with Crippen LogP contribution < -0.4 is 11.2 Å². The van der Waals surface area contributed by atoms with Gasteiger partial charge in [0, 0.05) is 24.3 Å². The second-order valence-electron chi connectivity index (χ2n) is 4.06. The minimum Gasteiger partial charge on any atom is -0.398 e. The van der Waals surface area contributed by atoms with Gasteiger partial charge >= 0.3 is 0 Å². The quantitative estimate of drug-likeness (QED) is 0.735. The maximum Gasteiger partial charge on any atom is 0.265 e. The van der Waals surface area contributed by atoms with Gasteiger partial charge in [-0.1, -0.05) is 6.07 Å². The fourth-order valence-electron chi connectivity index (χ4n) is 1.78. The fourth-order valence-corrected chi connectivity index (χ4v) is 1.78. The van der Waals surface area contributed by atoms with Crippen molar-refractivity contribution >= 4 is 11.6 Å². The maximum atomic E-state index is 12.0. The molecule has 1 fully saturated rings. The molecule has 1 aliphatic rings. The van der Waals surface area contributed by atoms with Crippen LogP contribution in [0.2, 0.25) is 0 Å². The van der Waals surface area contributed by atoms with Gasteiger partial charge in [-0.25, -0.2) is 5.01 Å². The topological polar surface area (TPSA) is 67.6 Å². The van der Waals surface area contributed by atoms with Crippen molar-refractivity contribution in [3.05, 3.63) is 29.3 Å². The third-order valence-electron chi connectivity index (χ3n) is 2.89. The lowest BCUT2D eigenvalue weighted by molar-refractivity contribution is 0.0126. The van der Waals surface area contributed by atoms with E-state index in [2.05, 4.69) is 5.43 Å². The normalized spacial score (nSPS) is 16.8. The van der Waals surface area contributed by atoms with E-state index in [1.165, 1.54) is 0 Å². The Hall–Kier alpha value is -1.59. The highest BCUT2D eigenvalue weighted by Gasteiger charge is 2.16. The zero-order valence-corrected chi connectivity index (χ0v) is 9.90. The average molecular weight is 235 g/mol. The van der Waals surface area contributed by atoms with E-state index in [-0.39, 0.29) is 5.91 Å². The molecule has 0 spiro atoms. The molecule has 1 aromatic carbocycles. The number of benzene rings is 1. The number of ether oxygens (including phenoxy) is 1. The monoisotopic (exact) mass is 235 g/mol. The molecule has 1 aliphatic heterocycles. The van der Waals surface area contributed by atoms with Gasteiger partial charge < -0.3 is 10.5 Å². The second kappa shape index (κ2) is 5.16. The standard InChI is InChI=1S/C12H17N3O2/c1-9-10(3-2-4-11(9)13)12(16)14-15-5-7-17-8-6-15/h2-4H,5-8,13H2,1H3,(H,14,16). The van der Waals surface area contributed by atoms with Crippen LogP contribution in [0.5, 0.6) is 0 Å². The van der Waals surface area contributed by atoms with Crippen LogP contribution in [0.3, 0.4) is 0 Å². The Morgan fingerprint density at radius 1 is 1.41 bits per heavy atom. The lowest BCUT2D eigenvalue weighted by Gasteiger charge is -2.27. The van der Waals surface area contributed by atoms with E-state index in [9.17, 15) is 4.79 Å². The van der Waals surface area contributed by atoms with Crippen LogP contribution in [-0.4, -0.2) is 37.2 Å². The van der Waals surface area contributed by atoms with E-state index in [1.54, 1.807) is 18.2 Å². The molecule has 1 saturated heterocycles. The average Bonchev–Trinajstić information content (AvgIpc) is 2.34. The molecule has 0 radical (unpaired) electrons. The molecule has 5 heteroatoms. The van der Waals surface area contributed by atoms with Crippen molar-refractivity contribution in [2.24, 2.45) is 0 Å². The van der Waals surface area contributed by atoms with E-state index in [0.29, 0.717) is 37.6 Å². The maximum absolute atomic E-state index is 12.0. The summed E-state index contributed by atoms with van der Waals surface area (Å²) in [4.78, 5) is 12.0. The molecule has 1 aromatic rings. The molecule has 0 bridgehead atoms. The summed E-state index contributed by atoms with van der Waals surface area (Å²) in [7, 11) is 0. The molecule has 2 rings (SSSR count). The van der Waals surface area contributed by atoms with Gasteiger partial charge in [-0.3, -0.25) is 10.2 Å². The summed E-state index contributed by atoms with van der Waals surface area (Å²) in [6, 6.07) is 5.36. The van der Waals surface area contributed by atoms with Crippen molar-refractivity contribution in [2.75, 3.05) is 32.0 Å². The summed E-state index contributed by atoms with van der Waals surface area (Å²) < 4.78 is 5.22. The molecule has 0 atom stereocenters. The van der Waals surface area contributed by atoms with E-state index in [0.717, 1.165) is 5.56 Å². The number of rotatable bonds is 2. The molecular weight excluding hydrogens is 218 g/mol. The van der Waals surface area contributed by atoms with Gasteiger partial charge in [0.2, 0.25) is 0 Å². The van der Waals surface area contributed by atoms with Crippen LogP contribution in [0.25, 0.3) is 0 Å². The van der Waals surface area contributed by atoms with Crippen molar-refractivity contribution in [1.29, 1.82) is 0 Å². The lowest BCUT2D eigenvalue weighted by Crippen LogP contribution is -2.48. The van der Waals surface area contributed by atoms with Crippen molar-refractivity contribution in [1.82, 2.24) is 10.4 Å². The third-order valence-corrected chi connectivity index (χ3v) is 2.89. The smallest absolute Gasteiger partial charge is 0.265 e. The summed E-state index contributed by atoms with van der Waals surface area (Å²) in [5.41, 5.74) is 10.7. The van der Waals surface area contributed by atoms with Crippen molar-refractivity contribution in [2.45, 2.75) is 6.92 Å². The molecule has 3 N–H and O–H groups in total. The van der Waals surface area contributed by atoms with Crippen LogP contribution in [0, 0.1) is 6.92 Å². The first-order chi connectivity index (χ1) is 8.18. The molecule has 0 saturated carbocycles. The van der Waals surface area contributed by atoms with Gasteiger partial charge in [-0.05, 0) is 24.6 Å². The molecule has 5 nitrogen and oxygen atoms in total. The molecule has 0 aliphatic carbocycles. The first kappa shape index (κ1) is 11.9.